The first-order valence-electron chi connectivity index (χ1n) is 6.66. The van der Waals surface area contributed by atoms with Crippen molar-refractivity contribution < 1.29 is 14.6 Å². The van der Waals surface area contributed by atoms with Gasteiger partial charge in [-0.1, -0.05) is 0 Å². The largest absolute Gasteiger partial charge is 0.441 e. The average Bonchev–Trinajstić information content (AvgIpc) is 3.01. The first kappa shape index (κ1) is 12.9. The van der Waals surface area contributed by atoms with Gasteiger partial charge in [0, 0.05) is 17.1 Å². The second kappa shape index (κ2) is 4.79. The molecule has 1 saturated heterocycles. The summed E-state index contributed by atoms with van der Waals surface area (Å²) < 4.78 is 6.99. The van der Waals surface area contributed by atoms with E-state index in [-0.39, 0.29) is 12.6 Å². The van der Waals surface area contributed by atoms with Crippen LogP contribution in [0, 0.1) is 0 Å². The molecule has 0 unspecified atom stereocenters. The zero-order chi connectivity index (χ0) is 14.3. The minimum absolute atomic E-state index is 0.157. The molecule has 1 N–H and O–H groups in total. The molecular weight excluding hydrogens is 258 g/mol. The Morgan fingerprint density at radius 3 is 2.95 bits per heavy atom. The van der Waals surface area contributed by atoms with Crippen molar-refractivity contribution in [2.24, 2.45) is 0 Å². The van der Waals surface area contributed by atoms with Crippen LogP contribution in [0.3, 0.4) is 0 Å². The molecule has 6 heteroatoms. The molecule has 1 aliphatic heterocycles. The van der Waals surface area contributed by atoms with Crippen molar-refractivity contribution in [3.05, 3.63) is 24.4 Å². The summed E-state index contributed by atoms with van der Waals surface area (Å²) in [5.74, 6) is 0. The first-order valence-corrected chi connectivity index (χ1v) is 6.66. The quantitative estimate of drug-likeness (QED) is 0.929. The summed E-state index contributed by atoms with van der Waals surface area (Å²) in [6.07, 6.45) is 0.931. The van der Waals surface area contributed by atoms with Crippen LogP contribution in [0.1, 0.15) is 19.9 Å². The molecule has 1 amide bonds. The fourth-order valence-electron chi connectivity index (χ4n) is 2.45. The third-order valence-electron chi connectivity index (χ3n) is 3.46. The van der Waals surface area contributed by atoms with Gasteiger partial charge in [-0.05, 0) is 32.0 Å². The van der Waals surface area contributed by atoms with E-state index in [1.165, 1.54) is 4.90 Å². The smallest absolute Gasteiger partial charge is 0.414 e. The molecule has 0 radical (unpaired) electrons. The lowest BCUT2D eigenvalue weighted by Crippen LogP contribution is -2.25. The van der Waals surface area contributed by atoms with Gasteiger partial charge < -0.3 is 9.84 Å². The molecule has 0 aliphatic carbocycles. The fraction of sp³-hybridized carbons (Fsp3) is 0.429. The summed E-state index contributed by atoms with van der Waals surface area (Å²) >= 11 is 0. The van der Waals surface area contributed by atoms with Crippen molar-refractivity contribution >= 4 is 22.7 Å². The molecule has 1 aromatic carbocycles. The number of ether oxygens (including phenoxy) is 1. The molecule has 1 atom stereocenters. The topological polar surface area (TPSA) is 67.6 Å². The molecule has 0 saturated carbocycles. The van der Waals surface area contributed by atoms with Gasteiger partial charge in [0.05, 0.1) is 24.9 Å². The molecule has 6 nitrogen and oxygen atoms in total. The third kappa shape index (κ3) is 2.02. The molecule has 0 bridgehead atoms. The van der Waals surface area contributed by atoms with Gasteiger partial charge in [0.15, 0.2) is 0 Å². The van der Waals surface area contributed by atoms with E-state index in [1.807, 2.05) is 22.9 Å². The Balaban J connectivity index is 1.96. The maximum Gasteiger partial charge on any atom is 0.414 e. The number of cyclic esters (lactones) is 1. The number of carbonyl (C=O) groups is 1. The number of anilines is 1. The third-order valence-corrected chi connectivity index (χ3v) is 3.46. The Labute approximate surface area is 116 Å². The highest BCUT2D eigenvalue weighted by atomic mass is 16.6. The predicted molar refractivity (Wildman–Crippen MR) is 74.8 cm³/mol. The molecule has 0 spiro atoms. The van der Waals surface area contributed by atoms with E-state index >= 15 is 0 Å². The van der Waals surface area contributed by atoms with Gasteiger partial charge in [0.1, 0.15) is 6.10 Å². The zero-order valence-corrected chi connectivity index (χ0v) is 11.5. The van der Waals surface area contributed by atoms with Crippen molar-refractivity contribution in [3.63, 3.8) is 0 Å². The standard InChI is InChI=1S/C14H17N3O3/c1-9(2)17-13-4-3-11(5-10(13)6-15-17)16-7-12(8-18)20-14(16)19/h3-6,9,12,18H,7-8H2,1-2H3/t12-/m1/s1. The first-order chi connectivity index (χ1) is 9.60. The fourth-order valence-corrected chi connectivity index (χ4v) is 2.45. The van der Waals surface area contributed by atoms with E-state index in [1.54, 1.807) is 6.20 Å². The SMILES string of the molecule is CC(C)n1ncc2cc(N3C[C@H](CO)OC3=O)ccc21. The lowest BCUT2D eigenvalue weighted by atomic mass is 10.2. The number of hydrogen-bond donors (Lipinski definition) is 1. The van der Waals surface area contributed by atoms with Crippen molar-refractivity contribution in [3.8, 4) is 0 Å². The number of rotatable bonds is 3. The number of aliphatic hydroxyl groups excluding tert-OH is 1. The van der Waals surface area contributed by atoms with Gasteiger partial charge >= 0.3 is 6.09 Å². The van der Waals surface area contributed by atoms with Gasteiger partial charge in [-0.2, -0.15) is 5.10 Å². The lowest BCUT2D eigenvalue weighted by molar-refractivity contribution is 0.0963. The maximum absolute atomic E-state index is 11.8. The molecule has 106 valence electrons. The monoisotopic (exact) mass is 275 g/mol. The van der Waals surface area contributed by atoms with E-state index < -0.39 is 12.2 Å². The Kier molecular flexibility index (Phi) is 3.10. The maximum atomic E-state index is 11.8. The number of fused-ring (bicyclic) bond motifs is 1. The number of aliphatic hydroxyl groups is 1. The molecular formula is C14H17N3O3. The number of aromatic nitrogens is 2. The second-order valence-electron chi connectivity index (χ2n) is 5.22. The minimum atomic E-state index is -0.448. The summed E-state index contributed by atoms with van der Waals surface area (Å²) in [7, 11) is 0. The van der Waals surface area contributed by atoms with Crippen molar-refractivity contribution in [2.45, 2.75) is 26.0 Å². The highest BCUT2D eigenvalue weighted by Gasteiger charge is 2.31. The highest BCUT2D eigenvalue weighted by molar-refractivity contribution is 5.93. The molecule has 1 fully saturated rings. The summed E-state index contributed by atoms with van der Waals surface area (Å²) in [5, 5.41) is 14.4. The number of nitrogens with zero attached hydrogens (tertiary/aromatic N) is 3. The molecule has 20 heavy (non-hydrogen) atoms. The van der Waals surface area contributed by atoms with Crippen LogP contribution in [0.15, 0.2) is 24.4 Å². The minimum Gasteiger partial charge on any atom is -0.441 e. The summed E-state index contributed by atoms with van der Waals surface area (Å²) in [6.45, 7) is 4.36. The van der Waals surface area contributed by atoms with Crippen LogP contribution in [0.2, 0.25) is 0 Å². The normalized spacial score (nSPS) is 19.1. The highest BCUT2D eigenvalue weighted by Crippen LogP contribution is 2.27. The van der Waals surface area contributed by atoms with Crippen molar-refractivity contribution in [1.29, 1.82) is 0 Å². The average molecular weight is 275 g/mol. The molecule has 1 aromatic heterocycles. The Morgan fingerprint density at radius 2 is 2.30 bits per heavy atom. The summed E-state index contributed by atoms with van der Waals surface area (Å²) in [6, 6.07) is 6.04. The molecule has 3 rings (SSSR count). The molecule has 2 aromatic rings. The number of benzene rings is 1. The van der Waals surface area contributed by atoms with Crippen LogP contribution in [0.5, 0.6) is 0 Å². The Bertz CT molecular complexity index is 650. The number of hydrogen-bond acceptors (Lipinski definition) is 4. The molecule has 2 heterocycles. The van der Waals surface area contributed by atoms with Crippen LogP contribution < -0.4 is 4.90 Å². The second-order valence-corrected chi connectivity index (χ2v) is 5.22. The van der Waals surface area contributed by atoms with Crippen LogP contribution in [-0.4, -0.2) is 40.2 Å². The van der Waals surface area contributed by atoms with Gasteiger partial charge in [-0.15, -0.1) is 0 Å². The Hall–Kier alpha value is -2.08. The van der Waals surface area contributed by atoms with E-state index in [9.17, 15) is 4.79 Å². The van der Waals surface area contributed by atoms with Gasteiger partial charge in [-0.25, -0.2) is 4.79 Å². The zero-order valence-electron chi connectivity index (χ0n) is 11.5. The van der Waals surface area contributed by atoms with Crippen molar-refractivity contribution in [2.75, 3.05) is 18.1 Å². The summed E-state index contributed by atoms with van der Waals surface area (Å²) in [5.41, 5.74) is 1.80. The summed E-state index contributed by atoms with van der Waals surface area (Å²) in [4.78, 5) is 13.3. The molecule has 1 aliphatic rings. The van der Waals surface area contributed by atoms with Crippen LogP contribution in [0.25, 0.3) is 10.9 Å². The number of carbonyl (C=O) groups excluding carboxylic acids is 1. The van der Waals surface area contributed by atoms with E-state index in [4.69, 9.17) is 9.84 Å². The van der Waals surface area contributed by atoms with E-state index in [2.05, 4.69) is 18.9 Å². The number of amides is 1. The van der Waals surface area contributed by atoms with Gasteiger partial charge in [0.2, 0.25) is 0 Å². The Morgan fingerprint density at radius 1 is 1.50 bits per heavy atom. The van der Waals surface area contributed by atoms with Crippen molar-refractivity contribution in [1.82, 2.24) is 9.78 Å². The lowest BCUT2D eigenvalue weighted by Gasteiger charge is -2.13. The van der Waals surface area contributed by atoms with Crippen LogP contribution in [-0.2, 0) is 4.74 Å². The van der Waals surface area contributed by atoms with Crippen LogP contribution >= 0.6 is 0 Å². The van der Waals surface area contributed by atoms with Gasteiger partial charge in [0.25, 0.3) is 0 Å². The van der Waals surface area contributed by atoms with E-state index in [0.29, 0.717) is 6.54 Å². The van der Waals surface area contributed by atoms with E-state index in [0.717, 1.165) is 16.6 Å². The predicted octanol–water partition coefficient (Wildman–Crippen LogP) is 1.93. The van der Waals surface area contributed by atoms with Gasteiger partial charge in [-0.3, -0.25) is 9.58 Å². The van der Waals surface area contributed by atoms with Crippen LogP contribution in [0.4, 0.5) is 10.5 Å².